The van der Waals surface area contributed by atoms with Gasteiger partial charge in [-0.05, 0) is 44.4 Å². The van der Waals surface area contributed by atoms with Crippen LogP contribution in [-0.4, -0.2) is 23.7 Å². The topological polar surface area (TPSA) is 74.6 Å². The summed E-state index contributed by atoms with van der Waals surface area (Å²) in [7, 11) is -4.12. The maximum atomic E-state index is 11.2. The zero-order chi connectivity index (χ0) is 15.1. The van der Waals surface area contributed by atoms with E-state index in [2.05, 4.69) is 19.9 Å². The number of hydrogen-bond donors (Lipinski definition) is 2. The van der Waals surface area contributed by atoms with E-state index in [0.717, 1.165) is 23.8 Å². The van der Waals surface area contributed by atoms with E-state index in [1.807, 2.05) is 6.92 Å². The Kier molecular flexibility index (Phi) is 4.15. The van der Waals surface area contributed by atoms with E-state index in [0.29, 0.717) is 18.8 Å². The smallest absolute Gasteiger partial charge is 0.287 e. The summed E-state index contributed by atoms with van der Waals surface area (Å²) in [6.07, 6.45) is 5.00. The molecule has 0 aromatic rings. The predicted molar refractivity (Wildman–Crippen MR) is 78.6 cm³/mol. The average Bonchev–Trinajstić information content (AvgIpc) is 2.46. The summed E-state index contributed by atoms with van der Waals surface area (Å²) >= 11 is 0. The van der Waals surface area contributed by atoms with Crippen LogP contribution >= 0.6 is 0 Å². The number of fused-ring (bicyclic) bond motifs is 1. The molecule has 0 aliphatic heterocycles. The third kappa shape index (κ3) is 3.32. The molecule has 2 aliphatic carbocycles. The first-order valence-electron chi connectivity index (χ1n) is 7.21. The molecule has 0 aromatic carbocycles. The Balaban J connectivity index is 2.44. The molecule has 0 bridgehead atoms. The molecule has 2 rings (SSSR count). The van der Waals surface area contributed by atoms with E-state index in [1.54, 1.807) is 0 Å². The Morgan fingerprint density at radius 3 is 2.60 bits per heavy atom. The molecule has 2 unspecified atom stereocenters. The van der Waals surface area contributed by atoms with Crippen LogP contribution in [0.3, 0.4) is 0 Å². The first-order valence-corrected chi connectivity index (χ1v) is 8.71. The Bertz CT molecular complexity index is 540. The van der Waals surface area contributed by atoms with Crippen LogP contribution in [0.5, 0.6) is 0 Å². The van der Waals surface area contributed by atoms with Gasteiger partial charge in [0.05, 0.1) is 11.0 Å². The fourth-order valence-corrected chi connectivity index (χ4v) is 4.22. The molecule has 0 spiro atoms. The molecule has 0 radical (unpaired) electrons. The summed E-state index contributed by atoms with van der Waals surface area (Å²) in [5.41, 5.74) is 1.22. The molecular weight excluding hydrogens is 276 g/mol. The van der Waals surface area contributed by atoms with Gasteiger partial charge < -0.3 is 5.11 Å². The first kappa shape index (κ1) is 15.7. The van der Waals surface area contributed by atoms with Crippen molar-refractivity contribution in [1.82, 2.24) is 0 Å². The second-order valence-electron chi connectivity index (χ2n) is 6.63. The van der Waals surface area contributed by atoms with Crippen molar-refractivity contribution in [2.24, 2.45) is 17.8 Å². The molecule has 2 aliphatic rings. The summed E-state index contributed by atoms with van der Waals surface area (Å²) in [5, 5.41) is 11.5. The molecule has 0 heterocycles. The highest BCUT2D eigenvalue weighted by Crippen LogP contribution is 2.48. The van der Waals surface area contributed by atoms with Crippen LogP contribution in [0.25, 0.3) is 0 Å². The maximum Gasteiger partial charge on any atom is 0.287 e. The molecule has 2 N–H and O–H groups in total. The lowest BCUT2D eigenvalue weighted by atomic mass is 9.83. The van der Waals surface area contributed by atoms with Crippen molar-refractivity contribution in [2.45, 2.75) is 52.1 Å². The SMILES string of the molecule is CC(C)C1=CC2C(CC[C@@]2(C)O)/C(=C/S(=O)(=O)O)CC1. The van der Waals surface area contributed by atoms with Crippen LogP contribution in [0, 0.1) is 17.8 Å². The van der Waals surface area contributed by atoms with E-state index in [-0.39, 0.29) is 11.8 Å². The van der Waals surface area contributed by atoms with Crippen LogP contribution in [0.15, 0.2) is 22.6 Å². The molecule has 3 atom stereocenters. The zero-order valence-electron chi connectivity index (χ0n) is 12.3. The Morgan fingerprint density at radius 1 is 1.40 bits per heavy atom. The van der Waals surface area contributed by atoms with Crippen LogP contribution in [0.2, 0.25) is 0 Å². The Hall–Kier alpha value is -0.650. The molecule has 0 aromatic heterocycles. The number of hydrogen-bond acceptors (Lipinski definition) is 3. The number of rotatable bonds is 2. The number of aliphatic hydroxyl groups is 1. The van der Waals surface area contributed by atoms with E-state index >= 15 is 0 Å². The average molecular weight is 300 g/mol. The first-order chi connectivity index (χ1) is 9.10. The molecular formula is C15H24O4S. The van der Waals surface area contributed by atoms with Gasteiger partial charge in [0, 0.05) is 5.92 Å². The lowest BCUT2D eigenvalue weighted by molar-refractivity contribution is 0.0330. The van der Waals surface area contributed by atoms with Crippen LogP contribution in [0.1, 0.15) is 46.5 Å². The van der Waals surface area contributed by atoms with E-state index in [4.69, 9.17) is 4.55 Å². The molecule has 114 valence electrons. The summed E-state index contributed by atoms with van der Waals surface area (Å²) in [6.45, 7) is 6.05. The lowest BCUT2D eigenvalue weighted by Gasteiger charge is -2.27. The van der Waals surface area contributed by atoms with Gasteiger partial charge in [0.1, 0.15) is 0 Å². The minimum atomic E-state index is -4.12. The lowest BCUT2D eigenvalue weighted by Crippen LogP contribution is -2.30. The van der Waals surface area contributed by atoms with Gasteiger partial charge in [-0.3, -0.25) is 4.55 Å². The Labute approximate surface area is 121 Å². The third-order valence-electron chi connectivity index (χ3n) is 4.73. The monoisotopic (exact) mass is 300 g/mol. The van der Waals surface area contributed by atoms with E-state index in [1.165, 1.54) is 5.57 Å². The largest absolute Gasteiger partial charge is 0.390 e. The quantitative estimate of drug-likeness (QED) is 0.607. The summed E-state index contributed by atoms with van der Waals surface area (Å²) in [5.74, 6) is 0.343. The zero-order valence-corrected chi connectivity index (χ0v) is 13.2. The van der Waals surface area contributed by atoms with Gasteiger partial charge >= 0.3 is 0 Å². The predicted octanol–water partition coefficient (Wildman–Crippen LogP) is 2.91. The molecule has 0 saturated heterocycles. The van der Waals surface area contributed by atoms with Crippen molar-refractivity contribution in [1.29, 1.82) is 0 Å². The highest BCUT2D eigenvalue weighted by molar-refractivity contribution is 7.88. The van der Waals surface area contributed by atoms with E-state index < -0.39 is 15.7 Å². The second kappa shape index (κ2) is 5.28. The minimum absolute atomic E-state index is 0.0168. The highest BCUT2D eigenvalue weighted by Gasteiger charge is 2.45. The van der Waals surface area contributed by atoms with Crippen LogP contribution < -0.4 is 0 Å². The van der Waals surface area contributed by atoms with Crippen molar-refractivity contribution in [3.8, 4) is 0 Å². The molecule has 0 amide bonds. The maximum absolute atomic E-state index is 11.2. The normalized spacial score (nSPS) is 36.9. The van der Waals surface area contributed by atoms with Crippen LogP contribution in [-0.2, 0) is 10.1 Å². The van der Waals surface area contributed by atoms with Gasteiger partial charge in [0.15, 0.2) is 0 Å². The fraction of sp³-hybridized carbons (Fsp3) is 0.733. The fourth-order valence-electron chi connectivity index (χ4n) is 3.55. The summed E-state index contributed by atoms with van der Waals surface area (Å²) in [4.78, 5) is 0. The van der Waals surface area contributed by atoms with Gasteiger partial charge in [0.2, 0.25) is 0 Å². The van der Waals surface area contributed by atoms with Gasteiger partial charge in [-0.2, -0.15) is 8.42 Å². The minimum Gasteiger partial charge on any atom is -0.390 e. The third-order valence-corrected chi connectivity index (χ3v) is 5.33. The molecule has 1 fully saturated rings. The van der Waals surface area contributed by atoms with Gasteiger partial charge in [-0.25, -0.2) is 0 Å². The van der Waals surface area contributed by atoms with Crippen molar-refractivity contribution in [2.75, 3.05) is 0 Å². The molecule has 4 nitrogen and oxygen atoms in total. The number of allylic oxidation sites excluding steroid dienone is 2. The Morgan fingerprint density at radius 2 is 2.05 bits per heavy atom. The van der Waals surface area contributed by atoms with Crippen molar-refractivity contribution in [3.05, 3.63) is 22.6 Å². The summed E-state index contributed by atoms with van der Waals surface area (Å²) < 4.78 is 31.5. The van der Waals surface area contributed by atoms with E-state index in [9.17, 15) is 13.5 Å². The molecule has 5 heteroatoms. The van der Waals surface area contributed by atoms with Crippen molar-refractivity contribution >= 4 is 10.1 Å². The second-order valence-corrected chi connectivity index (χ2v) is 7.90. The van der Waals surface area contributed by atoms with Gasteiger partial charge in [-0.15, -0.1) is 0 Å². The van der Waals surface area contributed by atoms with Crippen LogP contribution in [0.4, 0.5) is 0 Å². The van der Waals surface area contributed by atoms with Gasteiger partial charge in [-0.1, -0.05) is 31.1 Å². The highest BCUT2D eigenvalue weighted by atomic mass is 32.2. The van der Waals surface area contributed by atoms with Crippen molar-refractivity contribution < 1.29 is 18.1 Å². The van der Waals surface area contributed by atoms with Crippen molar-refractivity contribution in [3.63, 3.8) is 0 Å². The summed E-state index contributed by atoms with van der Waals surface area (Å²) in [6, 6.07) is 0. The molecule has 1 saturated carbocycles. The molecule has 20 heavy (non-hydrogen) atoms. The standard InChI is InChI=1S/C15H24O4S/c1-10(2)11-4-5-12(9-20(17,18)19)13-6-7-15(3,16)14(13)8-11/h8-10,13-14,16H,4-7H2,1-3H3,(H,17,18,19)/b12-9+/t13?,14?,15-/m1/s1. The van der Waals surface area contributed by atoms with Gasteiger partial charge in [0.25, 0.3) is 10.1 Å².